The standard InChI is InChI=1S/C18H23I/c1-18(19(2)3,14-16-10-6-4-7-11-16)15-17-12-8-5-9-13-17/h4-13H,14-15H2,1-3H3. The average molecular weight is 366 g/mol. The zero-order valence-electron chi connectivity index (χ0n) is 12.1. The predicted octanol–water partition coefficient (Wildman–Crippen LogP) is 5.00. The summed E-state index contributed by atoms with van der Waals surface area (Å²) in [4.78, 5) is 4.99. The van der Waals surface area contributed by atoms with Crippen LogP contribution in [-0.4, -0.2) is 13.3 Å². The maximum absolute atomic E-state index is 2.50. The molecule has 0 fully saturated rings. The molecule has 0 spiro atoms. The zero-order chi connectivity index (χ0) is 13.7. The summed E-state index contributed by atoms with van der Waals surface area (Å²) < 4.78 is 0.465. The molecule has 0 atom stereocenters. The van der Waals surface area contributed by atoms with E-state index in [2.05, 4.69) is 77.4 Å². The number of alkyl halides is 3. The SMILES string of the molecule is CI(C)C(C)(Cc1ccccc1)Cc1ccccc1. The molecule has 0 bridgehead atoms. The monoisotopic (exact) mass is 366 g/mol. The van der Waals surface area contributed by atoms with Crippen molar-refractivity contribution in [2.24, 2.45) is 0 Å². The molecule has 0 aliphatic carbocycles. The van der Waals surface area contributed by atoms with Crippen molar-refractivity contribution in [1.82, 2.24) is 0 Å². The van der Waals surface area contributed by atoms with Gasteiger partial charge in [0, 0.05) is 0 Å². The Morgan fingerprint density at radius 3 is 1.42 bits per heavy atom. The molecule has 1 heteroatoms. The van der Waals surface area contributed by atoms with Crippen molar-refractivity contribution in [2.75, 3.05) is 9.86 Å². The van der Waals surface area contributed by atoms with Gasteiger partial charge >= 0.3 is 125 Å². The van der Waals surface area contributed by atoms with Crippen LogP contribution in [-0.2, 0) is 12.8 Å². The third-order valence-corrected chi connectivity index (χ3v) is 9.72. The number of hydrogen-bond donors (Lipinski definition) is 0. The van der Waals surface area contributed by atoms with Crippen LogP contribution in [0.25, 0.3) is 0 Å². The van der Waals surface area contributed by atoms with Crippen molar-refractivity contribution >= 4 is 19.8 Å². The van der Waals surface area contributed by atoms with E-state index in [4.69, 9.17) is 0 Å². The molecule has 0 radical (unpaired) electrons. The fourth-order valence-corrected chi connectivity index (χ4v) is 4.78. The van der Waals surface area contributed by atoms with E-state index < -0.39 is 19.8 Å². The van der Waals surface area contributed by atoms with Crippen molar-refractivity contribution < 1.29 is 0 Å². The maximum atomic E-state index is 2.50. The van der Waals surface area contributed by atoms with E-state index in [1.807, 2.05) is 0 Å². The average Bonchev–Trinajstić information content (AvgIpc) is 2.40. The van der Waals surface area contributed by atoms with Crippen molar-refractivity contribution in [3.8, 4) is 0 Å². The number of rotatable bonds is 5. The van der Waals surface area contributed by atoms with Crippen LogP contribution >= 0.6 is 19.8 Å². The Balaban J connectivity index is 2.18. The molecule has 0 saturated heterocycles. The van der Waals surface area contributed by atoms with Crippen LogP contribution in [0.15, 0.2) is 60.7 Å². The molecule has 0 nitrogen and oxygen atoms in total. The molecule has 2 rings (SSSR count). The van der Waals surface area contributed by atoms with Gasteiger partial charge in [0.05, 0.1) is 0 Å². The van der Waals surface area contributed by atoms with Gasteiger partial charge in [-0.15, -0.1) is 0 Å². The van der Waals surface area contributed by atoms with Crippen LogP contribution in [0.3, 0.4) is 0 Å². The molecular weight excluding hydrogens is 343 g/mol. The van der Waals surface area contributed by atoms with Gasteiger partial charge in [-0.05, 0) is 0 Å². The molecule has 0 saturated carbocycles. The van der Waals surface area contributed by atoms with Gasteiger partial charge < -0.3 is 0 Å². The first-order chi connectivity index (χ1) is 9.10. The van der Waals surface area contributed by atoms with Crippen molar-refractivity contribution in [1.29, 1.82) is 0 Å². The van der Waals surface area contributed by atoms with E-state index in [-0.39, 0.29) is 0 Å². The normalized spacial score (nSPS) is 12.3. The topological polar surface area (TPSA) is 0 Å². The molecule has 102 valence electrons. The fourth-order valence-electron chi connectivity index (χ4n) is 2.37. The summed E-state index contributed by atoms with van der Waals surface area (Å²) in [6.07, 6.45) is 2.42. The van der Waals surface area contributed by atoms with Gasteiger partial charge in [0.1, 0.15) is 0 Å². The van der Waals surface area contributed by atoms with Gasteiger partial charge in [-0.3, -0.25) is 0 Å². The minimum absolute atomic E-state index is 0.465. The van der Waals surface area contributed by atoms with E-state index in [0.29, 0.717) is 3.42 Å². The van der Waals surface area contributed by atoms with Crippen LogP contribution in [0.1, 0.15) is 18.1 Å². The van der Waals surface area contributed by atoms with Gasteiger partial charge in [0.25, 0.3) is 0 Å². The van der Waals surface area contributed by atoms with Crippen LogP contribution in [0.5, 0.6) is 0 Å². The third-order valence-electron chi connectivity index (χ3n) is 3.74. The van der Waals surface area contributed by atoms with Crippen LogP contribution in [0, 0.1) is 0 Å². The summed E-state index contributed by atoms with van der Waals surface area (Å²) >= 11 is -0.919. The van der Waals surface area contributed by atoms with Crippen LogP contribution in [0.2, 0.25) is 0 Å². The fraction of sp³-hybridized carbons (Fsp3) is 0.333. The summed E-state index contributed by atoms with van der Waals surface area (Å²) in [5, 5.41) is 0. The van der Waals surface area contributed by atoms with E-state index in [0.717, 1.165) is 0 Å². The van der Waals surface area contributed by atoms with Gasteiger partial charge in [-0.1, -0.05) is 0 Å². The first-order valence-corrected chi connectivity index (χ1v) is 12.1. The number of benzene rings is 2. The summed E-state index contributed by atoms with van der Waals surface area (Å²) in [6.45, 7) is 2.48. The quantitative estimate of drug-likeness (QED) is 0.516. The van der Waals surface area contributed by atoms with Crippen molar-refractivity contribution in [2.45, 2.75) is 23.2 Å². The van der Waals surface area contributed by atoms with Crippen molar-refractivity contribution in [3.05, 3.63) is 71.8 Å². The summed E-state index contributed by atoms with van der Waals surface area (Å²) in [7, 11) is 0. The second kappa shape index (κ2) is 6.56. The molecule has 0 aromatic heterocycles. The van der Waals surface area contributed by atoms with Crippen LogP contribution in [0.4, 0.5) is 0 Å². The summed E-state index contributed by atoms with van der Waals surface area (Å²) in [5.74, 6) is 0. The van der Waals surface area contributed by atoms with Gasteiger partial charge in [0.15, 0.2) is 0 Å². The summed E-state index contributed by atoms with van der Waals surface area (Å²) in [5.41, 5.74) is 2.96. The van der Waals surface area contributed by atoms with E-state index >= 15 is 0 Å². The third kappa shape index (κ3) is 4.07. The van der Waals surface area contributed by atoms with E-state index in [9.17, 15) is 0 Å². The Labute approximate surface area is 124 Å². The molecule has 2 aromatic rings. The second-order valence-corrected chi connectivity index (χ2v) is 12.4. The van der Waals surface area contributed by atoms with Crippen molar-refractivity contribution in [3.63, 3.8) is 0 Å². The predicted molar refractivity (Wildman–Crippen MR) is 94.6 cm³/mol. The summed E-state index contributed by atoms with van der Waals surface area (Å²) in [6, 6.07) is 21.9. The number of hydrogen-bond acceptors (Lipinski definition) is 0. The first-order valence-electron chi connectivity index (χ1n) is 6.68. The zero-order valence-corrected chi connectivity index (χ0v) is 14.2. The Hall–Kier alpha value is -0.830. The van der Waals surface area contributed by atoms with Crippen LogP contribution < -0.4 is 0 Å². The molecular formula is C18H23I. The molecule has 2 aromatic carbocycles. The molecule has 19 heavy (non-hydrogen) atoms. The first kappa shape index (κ1) is 14.6. The molecule has 0 aliphatic heterocycles. The molecule has 0 unspecified atom stereocenters. The van der Waals surface area contributed by atoms with Gasteiger partial charge in [0.2, 0.25) is 0 Å². The molecule has 0 heterocycles. The second-order valence-electron chi connectivity index (χ2n) is 5.49. The molecule has 0 amide bonds. The van der Waals surface area contributed by atoms with E-state index in [1.165, 1.54) is 24.0 Å². The Bertz CT molecular complexity index is 446. The van der Waals surface area contributed by atoms with Gasteiger partial charge in [-0.2, -0.15) is 0 Å². The minimum atomic E-state index is -0.919. The molecule has 0 aliphatic rings. The number of halogens is 1. The molecule has 0 N–H and O–H groups in total. The Morgan fingerprint density at radius 2 is 1.11 bits per heavy atom. The van der Waals surface area contributed by atoms with E-state index in [1.54, 1.807) is 0 Å². The van der Waals surface area contributed by atoms with Gasteiger partial charge in [-0.25, -0.2) is 0 Å². The Kier molecular flexibility index (Phi) is 5.03. The Morgan fingerprint density at radius 1 is 0.737 bits per heavy atom.